The Balaban J connectivity index is 0.000000191. The number of alkyl halides is 1. The molecule has 35 nitrogen and oxygen atoms in total. The molecule has 3 atom stereocenters. The van der Waals surface area contributed by atoms with E-state index >= 15 is 0 Å². The highest BCUT2D eigenvalue weighted by Gasteiger charge is 2.37. The van der Waals surface area contributed by atoms with Crippen molar-refractivity contribution in [2.45, 2.75) is 187 Å². The largest absolute Gasteiger partial charge is 0.447 e. The standard InChI is InChI=1S/C22H28BrN5O4S.C22H26BrN5O4S.C22H24BrN5O3S.C14H13BrN4O2S.C8H16BrNO2/c2*1-6-15(12-29)24-19(31)22(2,3)33-20-25-17-16(18(30)27(5)21(32)26(17)4)28(20)11-13-8-7-9-14(23)10-13;1-6-15-12-31-19(24-15)22(2,3)32-20-25-17-16(18(29)27(5)21(30)26(17)4)28(20)11-13-8-7-9-14(23)10-13;1-17-11-10(12(20)18(2)14(17)21)19(13(22)16-11)7-8-4-3-5-9(15)6-8;1-4-6(5-11)10-7(12)8(2,3)9/h7-10,15,29H,6,11-12H2,1-5H3,(H,24,31);7-10,12,15H,6,11H2,1-5H3,(H,24,31);7-10,12H,6,11H2,1-5H3;3-6H,7H2,1-2H3,(H,16,22);6,11H,4-5H2,1-3H3,(H,10,12). The minimum atomic E-state index is -1.00. The predicted octanol–water partition coefficient (Wildman–Crippen LogP) is 11.0. The molecule has 3 unspecified atom stereocenters. The zero-order valence-electron chi connectivity index (χ0n) is 76.6. The summed E-state index contributed by atoms with van der Waals surface area (Å²) >= 11 is 26.3. The zero-order valence-corrected chi connectivity index (χ0v) is 87.8. The van der Waals surface area contributed by atoms with Crippen LogP contribution in [-0.2, 0) is 113 Å². The lowest BCUT2D eigenvalue weighted by Gasteiger charge is -2.25. The molecule has 0 spiro atoms. The molecule has 0 saturated heterocycles. The van der Waals surface area contributed by atoms with Gasteiger partial charge in [-0.25, -0.2) is 39.1 Å². The summed E-state index contributed by atoms with van der Waals surface area (Å²) in [5.41, 5.74) is 3.98. The molecule has 0 radical (unpaired) electrons. The van der Waals surface area contributed by atoms with Crippen LogP contribution in [0.5, 0.6) is 0 Å². The first-order valence-corrected chi connectivity index (χ1v) is 48.4. The average Bonchev–Trinajstić information content (AvgIpc) is 1.61. The molecule has 0 aliphatic carbocycles. The van der Waals surface area contributed by atoms with Crippen LogP contribution in [0.2, 0.25) is 0 Å². The molecule has 0 fully saturated rings. The molecule has 13 rings (SSSR count). The van der Waals surface area contributed by atoms with Crippen LogP contribution in [-0.4, -0.2) is 159 Å². The number of H-pyrrole nitrogens is 1. The third-order valence-corrected chi connectivity index (χ3v) is 27.6. The Morgan fingerprint density at radius 1 is 0.462 bits per heavy atom. The van der Waals surface area contributed by atoms with Gasteiger partial charge in [0.1, 0.15) is 18.2 Å². The van der Waals surface area contributed by atoms with Crippen molar-refractivity contribution in [2.75, 3.05) is 13.2 Å². The Bertz CT molecular complexity index is 7090. The van der Waals surface area contributed by atoms with Crippen LogP contribution in [0.25, 0.3) is 44.7 Å². The first-order valence-electron chi connectivity index (χ1n) is 41.6. The number of halogens is 5. The van der Waals surface area contributed by atoms with Gasteiger partial charge in [0.05, 0.1) is 81.8 Å². The molecule has 0 aliphatic rings. The number of nitrogens with one attached hydrogen (secondary N) is 4. The highest BCUT2D eigenvalue weighted by Crippen LogP contribution is 2.42. The number of aryl methyl sites for hydroxylation is 5. The summed E-state index contributed by atoms with van der Waals surface area (Å²) in [7, 11) is 12.2. The quantitative estimate of drug-likeness (QED) is 0.0115. The number of aromatic nitrogens is 17. The van der Waals surface area contributed by atoms with Gasteiger partial charge in [-0.1, -0.05) is 191 Å². The van der Waals surface area contributed by atoms with E-state index in [-0.39, 0.29) is 76.6 Å². The molecular formula is C88H107Br5N20O15S4. The molecule has 708 valence electrons. The van der Waals surface area contributed by atoms with E-state index in [1.807, 2.05) is 143 Å². The Morgan fingerprint density at radius 3 is 1.10 bits per heavy atom. The first kappa shape index (κ1) is 106. The van der Waals surface area contributed by atoms with Crippen molar-refractivity contribution in [2.24, 2.45) is 56.4 Å². The number of fused-ring (bicyclic) bond motifs is 4. The van der Waals surface area contributed by atoms with Crippen LogP contribution in [0, 0.1) is 4.77 Å². The SMILES string of the molecule is CCC(C=O)NC(=O)C(C)(C)Sc1nc2c(c(=O)n(C)c(=O)n2C)n1Cc1cccc(Br)c1.CCC(CO)NC(=O)C(C)(C)Br.CCC(CO)NC(=O)C(C)(C)Sc1nc2c(c(=O)n(C)c(=O)n2C)n1Cc1cccc(Br)c1.CCc1coc(C(C)(C)Sc2nc3c(c(=O)n(C)c(=O)n3C)n2Cc2cccc(Br)c2)n1.Cn1c(=O)c2c([nH]c(=S)n2Cc2cccc(Br)c2)n(C)c1=O. The summed E-state index contributed by atoms with van der Waals surface area (Å²) in [5, 5.41) is 28.1. The molecule has 9 heterocycles. The van der Waals surface area contributed by atoms with Gasteiger partial charge in [0.25, 0.3) is 22.2 Å². The van der Waals surface area contributed by atoms with Crippen LogP contribution in [0.15, 0.2) is 179 Å². The van der Waals surface area contributed by atoms with Gasteiger partial charge in [0.15, 0.2) is 59.2 Å². The average molecular weight is 2210 g/mol. The number of hydrogen-bond donors (Lipinski definition) is 6. The Morgan fingerprint density at radius 2 is 0.788 bits per heavy atom. The lowest BCUT2D eigenvalue weighted by molar-refractivity contribution is -0.125. The number of aromatic amines is 1. The number of benzene rings is 4. The summed E-state index contributed by atoms with van der Waals surface area (Å²) in [5.74, 6) is -0.0869. The Labute approximate surface area is 818 Å². The van der Waals surface area contributed by atoms with Gasteiger partial charge in [0.2, 0.25) is 23.6 Å². The van der Waals surface area contributed by atoms with Gasteiger partial charge in [0, 0.05) is 74.3 Å². The number of nitrogens with zero attached hydrogens (tertiary/aromatic N) is 16. The molecule has 3 amide bonds. The smallest absolute Gasteiger partial charge is 0.332 e. The number of carbonyl (C=O) groups excluding carboxylic acids is 4. The van der Waals surface area contributed by atoms with E-state index in [2.05, 4.69) is 116 Å². The highest BCUT2D eigenvalue weighted by molar-refractivity contribution is 9.11. The molecule has 44 heteroatoms. The number of amides is 3. The van der Waals surface area contributed by atoms with Gasteiger partial charge in [-0.05, 0) is 164 Å². The number of carbonyl (C=O) groups is 4. The number of aliphatic hydroxyl groups is 2. The monoisotopic (exact) mass is 2210 g/mol. The van der Waals surface area contributed by atoms with Crippen molar-refractivity contribution >= 4 is 196 Å². The normalized spacial score (nSPS) is 12.4. The van der Waals surface area contributed by atoms with Crippen molar-refractivity contribution in [3.8, 4) is 0 Å². The lowest BCUT2D eigenvalue weighted by Crippen LogP contribution is -2.46. The van der Waals surface area contributed by atoms with E-state index in [1.54, 1.807) is 89.7 Å². The summed E-state index contributed by atoms with van der Waals surface area (Å²) in [6, 6.07) is 29.9. The second-order valence-corrected chi connectivity index (χ2v) is 43.8. The van der Waals surface area contributed by atoms with Crippen LogP contribution in [0.1, 0.15) is 136 Å². The van der Waals surface area contributed by atoms with E-state index in [0.717, 1.165) is 76.9 Å². The number of oxazole rings is 1. The van der Waals surface area contributed by atoms with Crippen LogP contribution >= 0.6 is 127 Å². The summed E-state index contributed by atoms with van der Waals surface area (Å²) in [6.07, 6.45) is 4.98. The lowest BCUT2D eigenvalue weighted by atomic mass is 10.1. The van der Waals surface area contributed by atoms with Crippen molar-refractivity contribution in [3.05, 3.63) is 243 Å². The van der Waals surface area contributed by atoms with Gasteiger partial charge in [-0.2, -0.15) is 0 Å². The number of hydrogen-bond acceptors (Lipinski definition) is 23. The van der Waals surface area contributed by atoms with E-state index in [1.165, 1.54) is 81.7 Å². The summed E-state index contributed by atoms with van der Waals surface area (Å²) < 4.78 is 23.6. The van der Waals surface area contributed by atoms with E-state index < -0.39 is 52.8 Å². The molecular weight excluding hydrogens is 2100 g/mol. The third-order valence-electron chi connectivity index (χ3n) is 21.4. The molecule has 9 aromatic heterocycles. The Hall–Kier alpha value is -9.64. The summed E-state index contributed by atoms with van der Waals surface area (Å²) in [6.45, 7) is 23.5. The molecule has 13 aromatic rings. The van der Waals surface area contributed by atoms with Gasteiger partial charge in [-0.15, -0.1) is 0 Å². The number of thioether (sulfide) groups is 3. The second-order valence-electron chi connectivity index (χ2n) is 33.0. The van der Waals surface area contributed by atoms with Crippen LogP contribution in [0.4, 0.5) is 0 Å². The molecule has 6 N–H and O–H groups in total. The van der Waals surface area contributed by atoms with Crippen LogP contribution < -0.4 is 60.9 Å². The van der Waals surface area contributed by atoms with Gasteiger partial charge < -0.3 is 58.6 Å². The van der Waals surface area contributed by atoms with Crippen molar-refractivity contribution < 1.29 is 33.8 Å². The van der Waals surface area contributed by atoms with Crippen molar-refractivity contribution in [1.82, 2.24) is 95.7 Å². The predicted molar refractivity (Wildman–Crippen MR) is 536 cm³/mol. The topological polar surface area (TPSA) is 421 Å². The molecule has 132 heavy (non-hydrogen) atoms. The molecule has 0 bridgehead atoms. The van der Waals surface area contributed by atoms with Crippen molar-refractivity contribution in [3.63, 3.8) is 0 Å². The minimum absolute atomic E-state index is 0.00861. The fourth-order valence-electron chi connectivity index (χ4n) is 13.3. The molecule has 4 aromatic carbocycles. The van der Waals surface area contributed by atoms with E-state index in [0.29, 0.717) is 99.3 Å². The highest BCUT2D eigenvalue weighted by atomic mass is 79.9. The van der Waals surface area contributed by atoms with E-state index in [4.69, 9.17) is 26.7 Å². The number of imidazole rings is 4. The number of aldehydes is 1. The second kappa shape index (κ2) is 44.7. The maximum atomic E-state index is 13.1. The van der Waals surface area contributed by atoms with E-state index in [9.17, 15) is 62.6 Å². The molecule has 0 aliphatic heterocycles. The van der Waals surface area contributed by atoms with Gasteiger partial charge in [-0.3, -0.25) is 70.1 Å². The van der Waals surface area contributed by atoms with Crippen LogP contribution in [0.3, 0.4) is 0 Å². The fraction of sp³-hybridized carbons (Fsp3) is 0.420. The maximum Gasteiger partial charge on any atom is 0.332 e. The minimum Gasteiger partial charge on any atom is -0.447 e. The summed E-state index contributed by atoms with van der Waals surface area (Å²) in [4.78, 5) is 171. The van der Waals surface area contributed by atoms with Gasteiger partial charge >= 0.3 is 22.8 Å². The first-order chi connectivity index (χ1) is 61.9. The zero-order chi connectivity index (χ0) is 98.0. The number of rotatable bonds is 28. The third kappa shape index (κ3) is 24.5. The fourth-order valence-corrected chi connectivity index (χ4v) is 18.5. The van der Waals surface area contributed by atoms with Crippen molar-refractivity contribution in [1.29, 1.82) is 0 Å². The maximum absolute atomic E-state index is 13.1. The number of aliphatic hydroxyl groups excluding tert-OH is 2. The molecule has 0 saturated carbocycles. The Kier molecular flexibility index (Phi) is 35.9.